The van der Waals surface area contributed by atoms with Crippen LogP contribution < -0.4 is 0 Å². The van der Waals surface area contributed by atoms with Gasteiger partial charge in [0.15, 0.2) is 0 Å². The summed E-state index contributed by atoms with van der Waals surface area (Å²) in [5.74, 6) is 0.0218. The molecule has 3 nitrogen and oxygen atoms in total. The highest BCUT2D eigenvalue weighted by Crippen LogP contribution is 2.17. The van der Waals surface area contributed by atoms with Gasteiger partial charge in [0.25, 0.3) is 0 Å². The number of nitrogens with zero attached hydrogens (tertiary/aromatic N) is 2. The second kappa shape index (κ2) is 8.92. The smallest absolute Gasteiger partial charge is 0.247 e. The summed E-state index contributed by atoms with van der Waals surface area (Å²) >= 11 is 3.39. The van der Waals surface area contributed by atoms with Gasteiger partial charge in [-0.15, -0.1) is 23.1 Å². The summed E-state index contributed by atoms with van der Waals surface area (Å²) in [6.45, 7) is 1.22. The van der Waals surface area contributed by atoms with Crippen molar-refractivity contribution >= 4 is 35.1 Å². The molecule has 3 rings (SSSR count). The van der Waals surface area contributed by atoms with Gasteiger partial charge in [0.05, 0.1) is 13.1 Å². The fourth-order valence-corrected chi connectivity index (χ4v) is 3.77. The number of thiophene rings is 1. The normalized spacial score (nSPS) is 11.2. The highest BCUT2D eigenvalue weighted by atomic mass is 32.2. The van der Waals surface area contributed by atoms with Gasteiger partial charge in [0.2, 0.25) is 5.91 Å². The number of carbonyl (C=O) groups is 1. The number of amides is 1. The first-order chi connectivity index (χ1) is 12.7. The zero-order valence-corrected chi connectivity index (χ0v) is 16.6. The molecule has 0 fully saturated rings. The SMILES string of the molecule is CSc1ccc(C=CC(=O)N(Cc2cccs2)Cc2cccn2C)cc1. The minimum Gasteiger partial charge on any atom is -0.353 e. The molecule has 0 bridgehead atoms. The molecule has 3 aromatic rings. The molecular formula is C21H22N2OS2. The number of thioether (sulfide) groups is 1. The van der Waals surface area contributed by atoms with Gasteiger partial charge in [-0.25, -0.2) is 0 Å². The van der Waals surface area contributed by atoms with Crippen LogP contribution in [0.5, 0.6) is 0 Å². The molecule has 0 N–H and O–H groups in total. The van der Waals surface area contributed by atoms with E-state index in [9.17, 15) is 4.79 Å². The maximum absolute atomic E-state index is 12.8. The molecule has 0 aliphatic rings. The molecule has 0 saturated heterocycles. The fraction of sp³-hybridized carbons (Fsp3) is 0.190. The Balaban J connectivity index is 1.74. The molecule has 1 amide bonds. The molecule has 26 heavy (non-hydrogen) atoms. The van der Waals surface area contributed by atoms with Gasteiger partial charge in [-0.1, -0.05) is 18.2 Å². The fourth-order valence-electron chi connectivity index (χ4n) is 2.65. The first-order valence-electron chi connectivity index (χ1n) is 8.39. The Morgan fingerprint density at radius 1 is 1.15 bits per heavy atom. The summed E-state index contributed by atoms with van der Waals surface area (Å²) in [5, 5.41) is 2.05. The van der Waals surface area contributed by atoms with Gasteiger partial charge in [-0.2, -0.15) is 0 Å². The largest absolute Gasteiger partial charge is 0.353 e. The van der Waals surface area contributed by atoms with Crippen molar-refractivity contribution in [3.8, 4) is 0 Å². The van der Waals surface area contributed by atoms with E-state index < -0.39 is 0 Å². The van der Waals surface area contributed by atoms with Crippen molar-refractivity contribution in [2.24, 2.45) is 7.05 Å². The van der Waals surface area contributed by atoms with Crippen LogP contribution in [0.15, 0.2) is 71.1 Å². The Morgan fingerprint density at radius 3 is 2.58 bits per heavy atom. The van der Waals surface area contributed by atoms with E-state index >= 15 is 0 Å². The van der Waals surface area contributed by atoms with Crippen molar-refractivity contribution in [2.75, 3.05) is 6.26 Å². The molecule has 1 aromatic carbocycles. The highest BCUT2D eigenvalue weighted by molar-refractivity contribution is 7.98. The Labute approximate surface area is 163 Å². The second-order valence-electron chi connectivity index (χ2n) is 5.99. The van der Waals surface area contributed by atoms with Gasteiger partial charge in [-0.3, -0.25) is 4.79 Å². The summed E-state index contributed by atoms with van der Waals surface area (Å²) in [5.41, 5.74) is 2.15. The summed E-state index contributed by atoms with van der Waals surface area (Å²) in [6.07, 6.45) is 7.62. The summed E-state index contributed by atoms with van der Waals surface area (Å²) in [6, 6.07) is 16.4. The Bertz CT molecular complexity index is 864. The lowest BCUT2D eigenvalue weighted by molar-refractivity contribution is -0.127. The highest BCUT2D eigenvalue weighted by Gasteiger charge is 2.14. The van der Waals surface area contributed by atoms with Crippen molar-refractivity contribution < 1.29 is 4.79 Å². The zero-order chi connectivity index (χ0) is 18.4. The zero-order valence-electron chi connectivity index (χ0n) is 15.0. The predicted octanol–water partition coefficient (Wildman–Crippen LogP) is 5.05. The van der Waals surface area contributed by atoms with E-state index in [-0.39, 0.29) is 5.91 Å². The lowest BCUT2D eigenvalue weighted by atomic mass is 10.2. The van der Waals surface area contributed by atoms with Crippen LogP contribution in [-0.2, 0) is 24.9 Å². The average molecular weight is 383 g/mol. The van der Waals surface area contributed by atoms with Gasteiger partial charge in [0, 0.05) is 34.8 Å². The third-order valence-corrected chi connectivity index (χ3v) is 5.78. The molecule has 0 aliphatic carbocycles. The molecule has 134 valence electrons. The van der Waals surface area contributed by atoms with Gasteiger partial charge in [-0.05, 0) is 53.6 Å². The molecule has 0 unspecified atom stereocenters. The average Bonchev–Trinajstić information content (AvgIpc) is 3.31. The van der Waals surface area contributed by atoms with Crippen LogP contribution in [0.25, 0.3) is 6.08 Å². The number of carbonyl (C=O) groups excluding carboxylic acids is 1. The molecule has 2 aromatic heterocycles. The third-order valence-electron chi connectivity index (χ3n) is 4.18. The Morgan fingerprint density at radius 2 is 1.96 bits per heavy atom. The molecule has 0 spiro atoms. The Hall–Kier alpha value is -2.24. The van der Waals surface area contributed by atoms with Crippen LogP contribution in [-0.4, -0.2) is 21.6 Å². The lowest BCUT2D eigenvalue weighted by Crippen LogP contribution is -2.29. The number of aromatic nitrogens is 1. The maximum atomic E-state index is 12.8. The van der Waals surface area contributed by atoms with Crippen molar-refractivity contribution in [3.63, 3.8) is 0 Å². The van der Waals surface area contributed by atoms with Crippen LogP contribution in [0.3, 0.4) is 0 Å². The number of aryl methyl sites for hydroxylation is 1. The van der Waals surface area contributed by atoms with Crippen molar-refractivity contribution in [1.82, 2.24) is 9.47 Å². The van der Waals surface area contributed by atoms with Crippen LogP contribution in [0.2, 0.25) is 0 Å². The summed E-state index contributed by atoms with van der Waals surface area (Å²) in [4.78, 5) is 17.1. The topological polar surface area (TPSA) is 25.2 Å². The summed E-state index contributed by atoms with van der Waals surface area (Å²) in [7, 11) is 2.01. The van der Waals surface area contributed by atoms with E-state index in [4.69, 9.17) is 0 Å². The van der Waals surface area contributed by atoms with E-state index in [0.29, 0.717) is 13.1 Å². The maximum Gasteiger partial charge on any atom is 0.247 e. The third kappa shape index (κ3) is 4.90. The molecule has 0 atom stereocenters. The molecule has 0 saturated carbocycles. The van der Waals surface area contributed by atoms with Crippen molar-refractivity contribution in [2.45, 2.75) is 18.0 Å². The van der Waals surface area contributed by atoms with Gasteiger partial charge in [0.1, 0.15) is 0 Å². The lowest BCUT2D eigenvalue weighted by Gasteiger charge is -2.21. The number of hydrogen-bond acceptors (Lipinski definition) is 3. The monoisotopic (exact) mass is 382 g/mol. The van der Waals surface area contributed by atoms with E-state index in [1.807, 2.05) is 53.9 Å². The quantitative estimate of drug-likeness (QED) is 0.422. The van der Waals surface area contributed by atoms with Crippen molar-refractivity contribution in [3.05, 3.63) is 82.3 Å². The van der Waals surface area contributed by atoms with E-state index in [1.165, 1.54) is 9.77 Å². The molecule has 2 heterocycles. The first-order valence-corrected chi connectivity index (χ1v) is 10.5. The minimum absolute atomic E-state index is 0.0218. The van der Waals surface area contributed by atoms with Gasteiger partial charge < -0.3 is 9.47 Å². The molecule has 0 radical (unpaired) electrons. The van der Waals surface area contributed by atoms with Crippen LogP contribution in [0, 0.1) is 0 Å². The first kappa shape index (κ1) is 18.5. The number of hydrogen-bond donors (Lipinski definition) is 0. The van der Waals surface area contributed by atoms with Gasteiger partial charge >= 0.3 is 0 Å². The van der Waals surface area contributed by atoms with Crippen LogP contribution >= 0.6 is 23.1 Å². The summed E-state index contributed by atoms with van der Waals surface area (Å²) < 4.78 is 2.06. The number of benzene rings is 1. The molecule has 0 aliphatic heterocycles. The molecular weight excluding hydrogens is 360 g/mol. The Kier molecular flexibility index (Phi) is 6.36. The van der Waals surface area contributed by atoms with Crippen LogP contribution in [0.1, 0.15) is 16.1 Å². The van der Waals surface area contributed by atoms with E-state index in [1.54, 1.807) is 29.2 Å². The molecule has 5 heteroatoms. The van der Waals surface area contributed by atoms with E-state index in [2.05, 4.69) is 35.1 Å². The predicted molar refractivity (Wildman–Crippen MR) is 111 cm³/mol. The standard InChI is InChI=1S/C21H22N2OS2/c1-22-13-3-5-18(22)15-23(16-20-6-4-14-26-20)21(24)12-9-17-7-10-19(25-2)11-8-17/h3-14H,15-16H2,1-2H3. The van der Waals surface area contributed by atoms with Crippen LogP contribution in [0.4, 0.5) is 0 Å². The second-order valence-corrected chi connectivity index (χ2v) is 7.90. The van der Waals surface area contributed by atoms with E-state index in [0.717, 1.165) is 11.3 Å². The number of rotatable bonds is 7. The minimum atomic E-state index is 0.0218. The van der Waals surface area contributed by atoms with Crippen molar-refractivity contribution in [1.29, 1.82) is 0 Å².